The SMILES string of the molecule is C=C(CNC(C)(C)C)Cn1nnc(-c2ccccc2)n1. The molecular formula is C15H21N5. The van der Waals surface area contributed by atoms with Crippen LogP contribution in [0.4, 0.5) is 0 Å². The smallest absolute Gasteiger partial charge is 0.204 e. The lowest BCUT2D eigenvalue weighted by molar-refractivity contribution is 0.435. The zero-order chi connectivity index (χ0) is 14.6. The number of nitrogens with one attached hydrogen (secondary N) is 1. The van der Waals surface area contributed by atoms with Crippen LogP contribution in [0.5, 0.6) is 0 Å². The van der Waals surface area contributed by atoms with Gasteiger partial charge in [0.05, 0.1) is 6.54 Å². The molecule has 0 atom stereocenters. The summed E-state index contributed by atoms with van der Waals surface area (Å²) in [5.41, 5.74) is 2.07. The van der Waals surface area contributed by atoms with Crippen LogP contribution >= 0.6 is 0 Å². The second kappa shape index (κ2) is 5.96. The average molecular weight is 271 g/mol. The van der Waals surface area contributed by atoms with Crippen LogP contribution in [0.3, 0.4) is 0 Å². The summed E-state index contributed by atoms with van der Waals surface area (Å²) < 4.78 is 0. The van der Waals surface area contributed by atoms with Gasteiger partial charge in [-0.1, -0.05) is 36.9 Å². The van der Waals surface area contributed by atoms with E-state index < -0.39 is 0 Å². The van der Waals surface area contributed by atoms with Crippen LogP contribution < -0.4 is 5.32 Å². The number of rotatable bonds is 5. The van der Waals surface area contributed by atoms with E-state index in [1.807, 2.05) is 30.3 Å². The summed E-state index contributed by atoms with van der Waals surface area (Å²) in [6.45, 7) is 11.7. The van der Waals surface area contributed by atoms with E-state index in [9.17, 15) is 0 Å². The fourth-order valence-electron chi connectivity index (χ4n) is 1.66. The van der Waals surface area contributed by atoms with Gasteiger partial charge in [-0.2, -0.15) is 4.80 Å². The molecule has 1 aromatic carbocycles. The zero-order valence-electron chi connectivity index (χ0n) is 12.3. The van der Waals surface area contributed by atoms with Gasteiger partial charge in [-0.15, -0.1) is 10.2 Å². The van der Waals surface area contributed by atoms with Gasteiger partial charge in [0.2, 0.25) is 5.82 Å². The molecule has 2 rings (SSSR count). The van der Waals surface area contributed by atoms with E-state index in [0.29, 0.717) is 12.4 Å². The van der Waals surface area contributed by atoms with Gasteiger partial charge in [0.15, 0.2) is 0 Å². The average Bonchev–Trinajstić information content (AvgIpc) is 2.85. The van der Waals surface area contributed by atoms with E-state index in [0.717, 1.165) is 17.7 Å². The van der Waals surface area contributed by atoms with Gasteiger partial charge in [0.1, 0.15) is 0 Å². The Kier molecular flexibility index (Phi) is 4.29. The summed E-state index contributed by atoms with van der Waals surface area (Å²) in [5, 5.41) is 15.9. The Hall–Kier alpha value is -2.01. The molecule has 0 aliphatic heterocycles. The van der Waals surface area contributed by atoms with Gasteiger partial charge in [-0.25, -0.2) is 0 Å². The van der Waals surface area contributed by atoms with Gasteiger partial charge in [0, 0.05) is 17.6 Å². The van der Waals surface area contributed by atoms with Crippen molar-refractivity contribution >= 4 is 0 Å². The Morgan fingerprint density at radius 1 is 1.25 bits per heavy atom. The number of nitrogens with zero attached hydrogens (tertiary/aromatic N) is 4. The Morgan fingerprint density at radius 3 is 2.60 bits per heavy atom. The van der Waals surface area contributed by atoms with Gasteiger partial charge >= 0.3 is 0 Å². The summed E-state index contributed by atoms with van der Waals surface area (Å²) in [5.74, 6) is 0.641. The normalized spacial score (nSPS) is 11.6. The molecule has 0 bridgehead atoms. The molecule has 0 amide bonds. The van der Waals surface area contributed by atoms with Crippen molar-refractivity contribution in [3.8, 4) is 11.4 Å². The number of hydrogen-bond donors (Lipinski definition) is 1. The highest BCUT2D eigenvalue weighted by atomic mass is 15.6. The van der Waals surface area contributed by atoms with Crippen LogP contribution in [0.1, 0.15) is 20.8 Å². The fourth-order valence-corrected chi connectivity index (χ4v) is 1.66. The molecule has 5 nitrogen and oxygen atoms in total. The second-order valence-corrected chi connectivity index (χ2v) is 5.86. The van der Waals surface area contributed by atoms with Crippen molar-refractivity contribution in [1.29, 1.82) is 0 Å². The number of benzene rings is 1. The summed E-state index contributed by atoms with van der Waals surface area (Å²) >= 11 is 0. The lowest BCUT2D eigenvalue weighted by Gasteiger charge is -2.21. The first-order valence-electron chi connectivity index (χ1n) is 6.69. The quantitative estimate of drug-likeness (QED) is 0.848. The minimum absolute atomic E-state index is 0.0773. The number of hydrogen-bond acceptors (Lipinski definition) is 4. The summed E-state index contributed by atoms with van der Waals surface area (Å²) in [6, 6.07) is 9.83. The third-order valence-electron chi connectivity index (χ3n) is 2.72. The van der Waals surface area contributed by atoms with Crippen LogP contribution in [0.2, 0.25) is 0 Å². The van der Waals surface area contributed by atoms with Crippen molar-refractivity contribution in [2.75, 3.05) is 6.54 Å². The fraction of sp³-hybridized carbons (Fsp3) is 0.400. The van der Waals surface area contributed by atoms with E-state index in [-0.39, 0.29) is 5.54 Å². The molecule has 0 saturated heterocycles. The topological polar surface area (TPSA) is 55.6 Å². The van der Waals surface area contributed by atoms with Gasteiger partial charge in [-0.3, -0.25) is 0 Å². The maximum atomic E-state index is 4.37. The van der Waals surface area contributed by atoms with Crippen molar-refractivity contribution in [1.82, 2.24) is 25.5 Å². The van der Waals surface area contributed by atoms with Crippen molar-refractivity contribution in [2.24, 2.45) is 0 Å². The van der Waals surface area contributed by atoms with Crippen LogP contribution in [0, 0.1) is 0 Å². The van der Waals surface area contributed by atoms with Gasteiger partial charge in [-0.05, 0) is 31.6 Å². The minimum atomic E-state index is 0.0773. The highest BCUT2D eigenvalue weighted by molar-refractivity contribution is 5.52. The molecular weight excluding hydrogens is 250 g/mol. The summed E-state index contributed by atoms with van der Waals surface area (Å²) in [6.07, 6.45) is 0. The first-order valence-corrected chi connectivity index (χ1v) is 6.69. The Labute approximate surface area is 119 Å². The molecule has 5 heteroatoms. The first-order chi connectivity index (χ1) is 9.44. The monoisotopic (exact) mass is 271 g/mol. The minimum Gasteiger partial charge on any atom is -0.308 e. The van der Waals surface area contributed by atoms with Crippen molar-refractivity contribution in [2.45, 2.75) is 32.9 Å². The highest BCUT2D eigenvalue weighted by Gasteiger charge is 2.10. The molecule has 2 aromatic rings. The third-order valence-corrected chi connectivity index (χ3v) is 2.72. The van der Waals surface area contributed by atoms with Crippen molar-refractivity contribution < 1.29 is 0 Å². The predicted octanol–water partition coefficient (Wildman–Crippen LogP) is 2.28. The van der Waals surface area contributed by atoms with Gasteiger partial charge < -0.3 is 5.32 Å². The maximum absolute atomic E-state index is 4.37. The summed E-state index contributed by atoms with van der Waals surface area (Å²) in [4.78, 5) is 1.58. The largest absolute Gasteiger partial charge is 0.308 e. The molecule has 0 saturated carbocycles. The molecule has 0 aliphatic rings. The summed E-state index contributed by atoms with van der Waals surface area (Å²) in [7, 11) is 0. The lowest BCUT2D eigenvalue weighted by atomic mass is 10.1. The molecule has 0 fully saturated rings. The number of tetrazole rings is 1. The van der Waals surface area contributed by atoms with E-state index in [1.165, 1.54) is 0 Å². The van der Waals surface area contributed by atoms with Crippen LogP contribution in [-0.2, 0) is 6.54 Å². The van der Waals surface area contributed by atoms with E-state index in [2.05, 4.69) is 48.1 Å². The Morgan fingerprint density at radius 2 is 1.95 bits per heavy atom. The van der Waals surface area contributed by atoms with E-state index >= 15 is 0 Å². The van der Waals surface area contributed by atoms with Gasteiger partial charge in [0.25, 0.3) is 0 Å². The zero-order valence-corrected chi connectivity index (χ0v) is 12.3. The van der Waals surface area contributed by atoms with E-state index in [4.69, 9.17) is 0 Å². The first kappa shape index (κ1) is 14.4. The molecule has 106 valence electrons. The van der Waals surface area contributed by atoms with Crippen molar-refractivity contribution in [3.63, 3.8) is 0 Å². The molecule has 0 unspecified atom stereocenters. The molecule has 0 radical (unpaired) electrons. The molecule has 1 aromatic heterocycles. The molecule has 1 heterocycles. The predicted molar refractivity (Wildman–Crippen MR) is 80.1 cm³/mol. The Bertz CT molecular complexity index is 565. The second-order valence-electron chi connectivity index (χ2n) is 5.86. The third kappa shape index (κ3) is 4.28. The number of aromatic nitrogens is 4. The Balaban J connectivity index is 1.95. The molecule has 20 heavy (non-hydrogen) atoms. The van der Waals surface area contributed by atoms with Crippen LogP contribution in [0.25, 0.3) is 11.4 Å². The highest BCUT2D eigenvalue weighted by Crippen LogP contribution is 2.12. The molecule has 0 spiro atoms. The lowest BCUT2D eigenvalue weighted by Crippen LogP contribution is -2.37. The maximum Gasteiger partial charge on any atom is 0.204 e. The van der Waals surface area contributed by atoms with E-state index in [1.54, 1.807) is 4.80 Å². The molecule has 1 N–H and O–H groups in total. The molecule has 0 aliphatic carbocycles. The van der Waals surface area contributed by atoms with Crippen molar-refractivity contribution in [3.05, 3.63) is 42.5 Å². The van der Waals surface area contributed by atoms with Crippen LogP contribution in [-0.4, -0.2) is 32.3 Å². The standard InChI is InChI=1S/C15H21N5/c1-12(10-16-15(2,3)4)11-20-18-14(17-19-20)13-8-6-5-7-9-13/h5-9,16H,1,10-11H2,2-4H3. The van der Waals surface area contributed by atoms with Crippen LogP contribution in [0.15, 0.2) is 42.5 Å².